The van der Waals surface area contributed by atoms with Crippen molar-refractivity contribution in [2.45, 2.75) is 13.1 Å². The fourth-order valence-electron chi connectivity index (χ4n) is 2.94. The molecule has 0 atom stereocenters. The second-order valence-corrected chi connectivity index (χ2v) is 6.31. The van der Waals surface area contributed by atoms with Gasteiger partial charge in [0.05, 0.1) is 26.2 Å². The first kappa shape index (κ1) is 21.9. The molecule has 158 valence electrons. The number of aliphatic carboxylic acids is 4. The summed E-state index contributed by atoms with van der Waals surface area (Å²) in [5.41, 5.74) is 0.985. The molecular weight excluding hydrogens is 392 g/mol. The Balaban J connectivity index is 2.25. The monoisotopic (exact) mass is 412 g/mol. The van der Waals surface area contributed by atoms with E-state index in [1.54, 1.807) is 12.1 Å². The molecule has 12 heteroatoms. The standard InChI is InChI=1S/C17H20N2O10/c20-12(21)5-18(6-13(22)23)3-10-1-2-11(17-16(10)28-9-29-17)4-19(7-14(24)25)8-15(26)27/h1-2H,3-9H2,(H,20,21)(H,22,23)(H,24,25)(H,26,27). The van der Waals surface area contributed by atoms with Crippen LogP contribution >= 0.6 is 0 Å². The lowest BCUT2D eigenvalue weighted by Crippen LogP contribution is -2.34. The molecule has 0 fully saturated rings. The van der Waals surface area contributed by atoms with Crippen LogP contribution in [0.4, 0.5) is 0 Å². The summed E-state index contributed by atoms with van der Waals surface area (Å²) in [4.78, 5) is 46.3. The zero-order valence-electron chi connectivity index (χ0n) is 15.2. The molecule has 0 saturated heterocycles. The van der Waals surface area contributed by atoms with Crippen LogP contribution in [-0.4, -0.2) is 87.1 Å². The van der Waals surface area contributed by atoms with Gasteiger partial charge in [-0.1, -0.05) is 12.1 Å². The van der Waals surface area contributed by atoms with Crippen LogP contribution in [0.2, 0.25) is 0 Å². The van der Waals surface area contributed by atoms with Crippen LogP contribution in [0.1, 0.15) is 11.1 Å². The molecule has 0 bridgehead atoms. The molecule has 1 aromatic rings. The Kier molecular flexibility index (Phi) is 7.33. The maximum absolute atomic E-state index is 11.0. The van der Waals surface area contributed by atoms with E-state index in [1.807, 2.05) is 0 Å². The largest absolute Gasteiger partial charge is 0.480 e. The lowest BCUT2D eigenvalue weighted by molar-refractivity contribution is -0.144. The lowest BCUT2D eigenvalue weighted by Gasteiger charge is -2.21. The van der Waals surface area contributed by atoms with E-state index < -0.39 is 50.1 Å². The van der Waals surface area contributed by atoms with E-state index in [9.17, 15) is 19.2 Å². The van der Waals surface area contributed by atoms with Crippen molar-refractivity contribution in [1.29, 1.82) is 0 Å². The molecule has 1 aromatic carbocycles. The number of carboxylic acids is 4. The number of hydrogen-bond donors (Lipinski definition) is 4. The third kappa shape index (κ3) is 6.62. The fourth-order valence-corrected chi connectivity index (χ4v) is 2.94. The number of nitrogens with zero attached hydrogens (tertiary/aromatic N) is 2. The van der Waals surface area contributed by atoms with Crippen molar-refractivity contribution in [3.8, 4) is 11.5 Å². The minimum absolute atomic E-state index is 0.0292. The third-order valence-electron chi connectivity index (χ3n) is 3.91. The van der Waals surface area contributed by atoms with Crippen LogP contribution in [0.3, 0.4) is 0 Å². The van der Waals surface area contributed by atoms with Gasteiger partial charge in [-0.3, -0.25) is 29.0 Å². The van der Waals surface area contributed by atoms with Gasteiger partial charge in [0.1, 0.15) is 0 Å². The number of rotatable bonds is 12. The van der Waals surface area contributed by atoms with Gasteiger partial charge in [0, 0.05) is 24.2 Å². The third-order valence-corrected chi connectivity index (χ3v) is 3.91. The van der Waals surface area contributed by atoms with Gasteiger partial charge >= 0.3 is 23.9 Å². The van der Waals surface area contributed by atoms with Crippen molar-refractivity contribution in [1.82, 2.24) is 9.80 Å². The topological polar surface area (TPSA) is 174 Å². The molecule has 1 aliphatic heterocycles. The maximum Gasteiger partial charge on any atom is 0.317 e. The Morgan fingerprint density at radius 3 is 1.28 bits per heavy atom. The predicted molar refractivity (Wildman–Crippen MR) is 93.7 cm³/mol. The number of benzene rings is 1. The Hall–Kier alpha value is -3.38. The highest BCUT2D eigenvalue weighted by atomic mass is 16.7. The molecule has 0 aromatic heterocycles. The van der Waals surface area contributed by atoms with E-state index in [4.69, 9.17) is 29.9 Å². The highest BCUT2D eigenvalue weighted by molar-refractivity contribution is 5.73. The molecule has 1 heterocycles. The highest BCUT2D eigenvalue weighted by Crippen LogP contribution is 2.40. The van der Waals surface area contributed by atoms with Gasteiger partial charge in [-0.2, -0.15) is 0 Å². The molecule has 2 rings (SSSR count). The summed E-state index contributed by atoms with van der Waals surface area (Å²) in [5.74, 6) is -4.17. The van der Waals surface area contributed by atoms with Gasteiger partial charge < -0.3 is 29.9 Å². The Bertz CT molecular complexity index is 713. The SMILES string of the molecule is O=C(O)CN(CC(=O)O)Cc1ccc(CN(CC(=O)O)CC(=O)O)c2c1OCO2. The summed E-state index contributed by atoms with van der Waals surface area (Å²) in [7, 11) is 0. The minimum atomic E-state index is -1.19. The number of carboxylic acid groups (broad SMARTS) is 4. The van der Waals surface area contributed by atoms with Gasteiger partial charge in [-0.15, -0.1) is 0 Å². The first-order valence-electron chi connectivity index (χ1n) is 8.38. The summed E-state index contributed by atoms with van der Waals surface area (Å²) in [6.07, 6.45) is 0. The zero-order chi connectivity index (χ0) is 21.6. The van der Waals surface area contributed by atoms with Gasteiger partial charge in [-0.25, -0.2) is 0 Å². The first-order chi connectivity index (χ1) is 13.7. The van der Waals surface area contributed by atoms with Gasteiger partial charge in [-0.05, 0) is 0 Å². The van der Waals surface area contributed by atoms with Crippen LogP contribution in [-0.2, 0) is 32.3 Å². The van der Waals surface area contributed by atoms with E-state index in [0.717, 1.165) is 0 Å². The Morgan fingerprint density at radius 1 is 0.690 bits per heavy atom. The number of ether oxygens (including phenoxy) is 2. The van der Waals surface area contributed by atoms with Crippen LogP contribution in [0.5, 0.6) is 11.5 Å². The molecule has 4 N–H and O–H groups in total. The second-order valence-electron chi connectivity index (χ2n) is 6.31. The van der Waals surface area contributed by atoms with E-state index in [1.165, 1.54) is 9.80 Å². The summed E-state index contributed by atoms with van der Waals surface area (Å²) >= 11 is 0. The van der Waals surface area contributed by atoms with Crippen molar-refractivity contribution in [3.63, 3.8) is 0 Å². The highest BCUT2D eigenvalue weighted by Gasteiger charge is 2.26. The number of hydrogen-bond acceptors (Lipinski definition) is 8. The molecule has 0 saturated carbocycles. The van der Waals surface area contributed by atoms with E-state index in [-0.39, 0.29) is 31.4 Å². The molecule has 29 heavy (non-hydrogen) atoms. The predicted octanol–water partition coefficient (Wildman–Crippen LogP) is -0.642. The minimum Gasteiger partial charge on any atom is -0.480 e. The van der Waals surface area contributed by atoms with Crippen LogP contribution in [0.15, 0.2) is 12.1 Å². The van der Waals surface area contributed by atoms with E-state index in [0.29, 0.717) is 11.1 Å². The Morgan fingerprint density at radius 2 is 1.00 bits per heavy atom. The lowest BCUT2D eigenvalue weighted by atomic mass is 10.1. The average Bonchev–Trinajstić information content (AvgIpc) is 3.04. The van der Waals surface area contributed by atoms with E-state index >= 15 is 0 Å². The molecule has 0 spiro atoms. The van der Waals surface area contributed by atoms with Crippen molar-refractivity contribution >= 4 is 23.9 Å². The molecule has 1 aliphatic rings. The number of carbonyl (C=O) groups is 4. The van der Waals surface area contributed by atoms with Crippen molar-refractivity contribution < 1.29 is 49.1 Å². The number of fused-ring (bicyclic) bond motifs is 1. The molecular formula is C17H20N2O10. The Labute approximate surface area is 164 Å². The summed E-state index contributed by atoms with van der Waals surface area (Å²) in [6, 6.07) is 3.17. The quantitative estimate of drug-likeness (QED) is 0.342. The van der Waals surface area contributed by atoms with Crippen LogP contribution in [0.25, 0.3) is 0 Å². The first-order valence-corrected chi connectivity index (χ1v) is 8.38. The van der Waals surface area contributed by atoms with Crippen LogP contribution in [0, 0.1) is 0 Å². The molecule has 0 radical (unpaired) electrons. The molecule has 0 aliphatic carbocycles. The summed E-state index contributed by atoms with van der Waals surface area (Å²) < 4.78 is 10.9. The molecule has 0 amide bonds. The van der Waals surface area contributed by atoms with Crippen molar-refractivity contribution in [2.75, 3.05) is 33.0 Å². The van der Waals surface area contributed by atoms with Crippen LogP contribution < -0.4 is 9.47 Å². The smallest absolute Gasteiger partial charge is 0.317 e. The van der Waals surface area contributed by atoms with Crippen molar-refractivity contribution in [2.24, 2.45) is 0 Å². The van der Waals surface area contributed by atoms with Gasteiger partial charge in [0.15, 0.2) is 11.5 Å². The van der Waals surface area contributed by atoms with Crippen molar-refractivity contribution in [3.05, 3.63) is 23.3 Å². The molecule has 0 unspecified atom stereocenters. The molecule has 12 nitrogen and oxygen atoms in total. The fraction of sp³-hybridized carbons (Fsp3) is 0.412. The maximum atomic E-state index is 11.0. The van der Waals surface area contributed by atoms with Gasteiger partial charge in [0.25, 0.3) is 0 Å². The normalized spacial score (nSPS) is 12.3. The zero-order valence-corrected chi connectivity index (χ0v) is 15.2. The average molecular weight is 412 g/mol. The summed E-state index contributed by atoms with van der Waals surface area (Å²) in [6.45, 7) is -2.15. The van der Waals surface area contributed by atoms with Gasteiger partial charge in [0.2, 0.25) is 6.79 Å². The summed E-state index contributed by atoms with van der Waals surface area (Å²) in [5, 5.41) is 35.9. The second kappa shape index (κ2) is 9.71. The van der Waals surface area contributed by atoms with E-state index in [2.05, 4.69) is 0 Å².